The zero-order chi connectivity index (χ0) is 15.4. The Morgan fingerprint density at radius 1 is 1.19 bits per heavy atom. The van der Waals surface area contributed by atoms with Gasteiger partial charge in [0.05, 0.1) is 0 Å². The van der Waals surface area contributed by atoms with E-state index in [1.165, 1.54) is 5.56 Å². The quantitative estimate of drug-likeness (QED) is 0.902. The van der Waals surface area contributed by atoms with Crippen molar-refractivity contribution in [3.8, 4) is 0 Å². The average molecular weight is 289 g/mol. The third-order valence-electron chi connectivity index (χ3n) is 4.38. The van der Waals surface area contributed by atoms with Crippen molar-refractivity contribution in [2.45, 2.75) is 31.8 Å². The molecule has 1 aromatic carbocycles. The van der Waals surface area contributed by atoms with E-state index in [9.17, 15) is 4.79 Å². The van der Waals surface area contributed by atoms with Crippen LogP contribution >= 0.6 is 0 Å². The van der Waals surface area contributed by atoms with Gasteiger partial charge in [-0.15, -0.1) is 0 Å². The van der Waals surface area contributed by atoms with E-state index >= 15 is 0 Å². The molecule has 2 rings (SSSR count). The van der Waals surface area contributed by atoms with Crippen LogP contribution < -0.4 is 5.32 Å². The predicted octanol–water partition coefficient (Wildman–Crippen LogP) is 2.13. The highest BCUT2D eigenvalue weighted by Gasteiger charge is 2.22. The van der Waals surface area contributed by atoms with E-state index in [0.717, 1.165) is 31.5 Å². The van der Waals surface area contributed by atoms with Crippen LogP contribution in [0.25, 0.3) is 0 Å². The second-order valence-electron chi connectivity index (χ2n) is 6.11. The minimum absolute atomic E-state index is 0.169. The molecule has 1 fully saturated rings. The number of hydrogen-bond donors (Lipinski definition) is 1. The summed E-state index contributed by atoms with van der Waals surface area (Å²) in [7, 11) is 6.15. The van der Waals surface area contributed by atoms with Gasteiger partial charge in [0.2, 0.25) is 0 Å². The summed E-state index contributed by atoms with van der Waals surface area (Å²) in [5.41, 5.74) is 2.04. The smallest absolute Gasteiger partial charge is 0.253 e. The molecule has 0 bridgehead atoms. The van der Waals surface area contributed by atoms with Crippen molar-refractivity contribution >= 4 is 5.91 Å². The van der Waals surface area contributed by atoms with E-state index in [4.69, 9.17) is 0 Å². The Hall–Kier alpha value is -1.39. The van der Waals surface area contributed by atoms with E-state index in [2.05, 4.69) is 43.4 Å². The van der Waals surface area contributed by atoms with Crippen molar-refractivity contribution in [2.24, 2.45) is 0 Å². The normalized spacial score (nSPS) is 18.0. The molecule has 1 aliphatic rings. The molecule has 1 aliphatic heterocycles. The van der Waals surface area contributed by atoms with Crippen molar-refractivity contribution in [3.63, 3.8) is 0 Å². The Labute approximate surface area is 128 Å². The van der Waals surface area contributed by atoms with Crippen molar-refractivity contribution in [1.29, 1.82) is 0 Å². The molecular weight excluding hydrogens is 262 g/mol. The highest BCUT2D eigenvalue weighted by atomic mass is 16.2. The summed E-state index contributed by atoms with van der Waals surface area (Å²) in [4.78, 5) is 16.5. The standard InChI is InChI=1S/C17H27N3O/c1-13(18-2)16(19(3)4)14-7-9-15(10-8-14)17(21)20-11-5-6-12-20/h7-10,13,16,18H,5-6,11-12H2,1-4H3/t13-,16?/m0/s1. The fourth-order valence-electron chi connectivity index (χ4n) is 3.12. The molecule has 1 unspecified atom stereocenters. The Bertz CT molecular complexity index is 463. The maximum Gasteiger partial charge on any atom is 0.253 e. The van der Waals surface area contributed by atoms with Crippen LogP contribution in [-0.4, -0.2) is 56.0 Å². The predicted molar refractivity (Wildman–Crippen MR) is 86.5 cm³/mol. The van der Waals surface area contributed by atoms with Gasteiger partial charge in [0.15, 0.2) is 0 Å². The maximum absolute atomic E-state index is 12.4. The maximum atomic E-state index is 12.4. The number of nitrogens with one attached hydrogen (secondary N) is 1. The van der Waals surface area contributed by atoms with Crippen molar-refractivity contribution in [2.75, 3.05) is 34.2 Å². The van der Waals surface area contributed by atoms with Crippen molar-refractivity contribution in [1.82, 2.24) is 15.1 Å². The SMILES string of the molecule is CN[C@@H](C)C(c1ccc(C(=O)N2CCCC2)cc1)N(C)C. The van der Waals surface area contributed by atoms with Crippen LogP contribution in [0.2, 0.25) is 0 Å². The first kappa shape index (κ1) is 16.0. The third kappa shape index (κ3) is 3.63. The summed E-state index contributed by atoms with van der Waals surface area (Å²) in [5, 5.41) is 3.31. The van der Waals surface area contributed by atoms with E-state index in [-0.39, 0.29) is 5.91 Å². The summed E-state index contributed by atoms with van der Waals surface area (Å²) < 4.78 is 0. The first-order valence-electron chi connectivity index (χ1n) is 7.77. The lowest BCUT2D eigenvalue weighted by molar-refractivity contribution is 0.0793. The topological polar surface area (TPSA) is 35.6 Å². The lowest BCUT2D eigenvalue weighted by atomic mass is 9.98. The zero-order valence-corrected chi connectivity index (χ0v) is 13.6. The second-order valence-corrected chi connectivity index (χ2v) is 6.11. The van der Waals surface area contributed by atoms with Crippen LogP contribution in [0.15, 0.2) is 24.3 Å². The monoisotopic (exact) mass is 289 g/mol. The molecule has 4 nitrogen and oxygen atoms in total. The summed E-state index contributed by atoms with van der Waals surface area (Å²) >= 11 is 0. The van der Waals surface area contributed by atoms with Gasteiger partial charge in [-0.05, 0) is 58.6 Å². The van der Waals surface area contributed by atoms with Gasteiger partial charge < -0.3 is 15.1 Å². The molecule has 1 saturated heterocycles. The summed E-state index contributed by atoms with van der Waals surface area (Å²) in [6.45, 7) is 3.98. The molecule has 0 aliphatic carbocycles. The van der Waals surface area contributed by atoms with Crippen molar-refractivity contribution < 1.29 is 4.79 Å². The molecular formula is C17H27N3O. The Morgan fingerprint density at radius 2 is 1.76 bits per heavy atom. The zero-order valence-electron chi connectivity index (χ0n) is 13.6. The molecule has 4 heteroatoms. The average Bonchev–Trinajstić information content (AvgIpc) is 3.01. The molecule has 21 heavy (non-hydrogen) atoms. The first-order valence-corrected chi connectivity index (χ1v) is 7.77. The van der Waals surface area contributed by atoms with Gasteiger partial charge >= 0.3 is 0 Å². The number of nitrogens with zero attached hydrogens (tertiary/aromatic N) is 2. The van der Waals surface area contributed by atoms with Crippen LogP contribution in [0, 0.1) is 0 Å². The number of carbonyl (C=O) groups is 1. The van der Waals surface area contributed by atoms with E-state index < -0.39 is 0 Å². The highest BCUT2D eigenvalue weighted by Crippen LogP contribution is 2.23. The lowest BCUT2D eigenvalue weighted by Gasteiger charge is -2.30. The van der Waals surface area contributed by atoms with Gasteiger partial charge in [-0.1, -0.05) is 12.1 Å². The largest absolute Gasteiger partial charge is 0.339 e. The van der Waals surface area contributed by atoms with Crippen LogP contribution in [0.3, 0.4) is 0 Å². The third-order valence-corrected chi connectivity index (χ3v) is 4.38. The molecule has 0 saturated carbocycles. The molecule has 2 atom stereocenters. The van der Waals surface area contributed by atoms with Gasteiger partial charge in [0, 0.05) is 30.7 Å². The van der Waals surface area contributed by atoms with Gasteiger partial charge in [-0.2, -0.15) is 0 Å². The molecule has 0 spiro atoms. The number of likely N-dealkylation sites (N-methyl/N-ethyl adjacent to an activating group) is 2. The second kappa shape index (κ2) is 7.05. The van der Waals surface area contributed by atoms with Gasteiger partial charge in [-0.25, -0.2) is 0 Å². The molecule has 0 aromatic heterocycles. The Morgan fingerprint density at radius 3 is 2.24 bits per heavy atom. The summed E-state index contributed by atoms with van der Waals surface area (Å²) in [6.07, 6.45) is 2.26. The van der Waals surface area contributed by atoms with Crippen LogP contribution in [0.4, 0.5) is 0 Å². The number of hydrogen-bond acceptors (Lipinski definition) is 3. The first-order chi connectivity index (χ1) is 10.0. The molecule has 1 N–H and O–H groups in total. The minimum Gasteiger partial charge on any atom is -0.339 e. The molecule has 0 radical (unpaired) electrons. The minimum atomic E-state index is 0.169. The number of amides is 1. The van der Waals surface area contributed by atoms with Gasteiger partial charge in [-0.3, -0.25) is 4.79 Å². The Kier molecular flexibility index (Phi) is 5.37. The molecule has 1 heterocycles. The number of rotatable bonds is 5. The van der Waals surface area contributed by atoms with Crippen molar-refractivity contribution in [3.05, 3.63) is 35.4 Å². The van der Waals surface area contributed by atoms with E-state index in [0.29, 0.717) is 12.1 Å². The van der Waals surface area contributed by atoms with Gasteiger partial charge in [0.1, 0.15) is 0 Å². The number of benzene rings is 1. The highest BCUT2D eigenvalue weighted by molar-refractivity contribution is 5.94. The summed E-state index contributed by atoms with van der Waals surface area (Å²) in [5.74, 6) is 0.169. The summed E-state index contributed by atoms with van der Waals surface area (Å²) in [6, 6.07) is 8.75. The molecule has 1 amide bonds. The fraction of sp³-hybridized carbons (Fsp3) is 0.588. The van der Waals surface area contributed by atoms with Crippen LogP contribution in [0.5, 0.6) is 0 Å². The van der Waals surface area contributed by atoms with E-state index in [1.807, 2.05) is 24.1 Å². The van der Waals surface area contributed by atoms with Crippen LogP contribution in [-0.2, 0) is 0 Å². The van der Waals surface area contributed by atoms with Gasteiger partial charge in [0.25, 0.3) is 5.91 Å². The molecule has 116 valence electrons. The number of carbonyl (C=O) groups excluding carboxylic acids is 1. The van der Waals surface area contributed by atoms with Crippen LogP contribution in [0.1, 0.15) is 41.7 Å². The fourth-order valence-corrected chi connectivity index (χ4v) is 3.12. The number of likely N-dealkylation sites (tertiary alicyclic amines) is 1. The Balaban J connectivity index is 2.15. The van der Waals surface area contributed by atoms with E-state index in [1.54, 1.807) is 0 Å². The molecule has 1 aromatic rings. The lowest BCUT2D eigenvalue weighted by Crippen LogP contribution is -2.37.